The van der Waals surface area contributed by atoms with Crippen LogP contribution in [0.15, 0.2) is 42.5 Å². The van der Waals surface area contributed by atoms with E-state index in [2.05, 4.69) is 5.32 Å². The van der Waals surface area contributed by atoms with Crippen molar-refractivity contribution in [2.45, 2.75) is 12.8 Å². The highest BCUT2D eigenvalue weighted by Crippen LogP contribution is 2.22. The minimum absolute atomic E-state index is 0.0946. The van der Waals surface area contributed by atoms with Crippen molar-refractivity contribution in [1.29, 1.82) is 0 Å². The summed E-state index contributed by atoms with van der Waals surface area (Å²) in [6, 6.07) is 12.5. The molecule has 0 aliphatic carbocycles. The van der Waals surface area contributed by atoms with E-state index in [1.807, 2.05) is 18.2 Å². The molecule has 1 aromatic carbocycles. The van der Waals surface area contributed by atoms with Crippen LogP contribution in [0.3, 0.4) is 0 Å². The van der Waals surface area contributed by atoms with Crippen LogP contribution >= 0.6 is 22.9 Å². The van der Waals surface area contributed by atoms with Gasteiger partial charge in [-0.15, -0.1) is 11.3 Å². The van der Waals surface area contributed by atoms with Crippen molar-refractivity contribution in [2.24, 2.45) is 5.92 Å². The zero-order valence-corrected chi connectivity index (χ0v) is 15.2. The van der Waals surface area contributed by atoms with Crippen LogP contribution in [0.2, 0.25) is 4.34 Å². The second-order valence-corrected chi connectivity index (χ2v) is 7.64. The number of hydrogen-bond acceptors (Lipinski definition) is 4. The Morgan fingerprint density at radius 1 is 1.16 bits per heavy atom. The molecule has 0 saturated carbocycles. The summed E-state index contributed by atoms with van der Waals surface area (Å²) in [6.07, 6.45) is 1.37. The van der Waals surface area contributed by atoms with Gasteiger partial charge in [0.1, 0.15) is 5.75 Å². The summed E-state index contributed by atoms with van der Waals surface area (Å²) >= 11 is 7.12. The molecule has 5 nitrogen and oxygen atoms in total. The van der Waals surface area contributed by atoms with Crippen molar-refractivity contribution in [3.05, 3.63) is 51.7 Å². The van der Waals surface area contributed by atoms with Gasteiger partial charge in [0, 0.05) is 19.6 Å². The number of halogens is 1. The van der Waals surface area contributed by atoms with Gasteiger partial charge in [-0.25, -0.2) is 4.79 Å². The monoisotopic (exact) mass is 378 g/mol. The van der Waals surface area contributed by atoms with Gasteiger partial charge in [0.15, 0.2) is 0 Å². The highest BCUT2D eigenvalue weighted by molar-refractivity contribution is 7.17. The van der Waals surface area contributed by atoms with Crippen molar-refractivity contribution in [1.82, 2.24) is 10.2 Å². The molecule has 1 fully saturated rings. The number of nitrogens with one attached hydrogen (secondary N) is 1. The van der Waals surface area contributed by atoms with Crippen LogP contribution in [0.1, 0.15) is 22.5 Å². The predicted molar refractivity (Wildman–Crippen MR) is 98.4 cm³/mol. The Kier molecular flexibility index (Phi) is 5.94. The largest absolute Gasteiger partial charge is 0.415 e. The second kappa shape index (κ2) is 8.36. The molecule has 25 heavy (non-hydrogen) atoms. The highest BCUT2D eigenvalue weighted by Gasteiger charge is 2.24. The fraction of sp³-hybridized carbons (Fsp3) is 0.333. The van der Waals surface area contributed by atoms with Gasteiger partial charge >= 0.3 is 6.09 Å². The number of rotatable bonds is 4. The Bertz CT molecular complexity index is 727. The maximum absolute atomic E-state index is 12.2. The molecular weight excluding hydrogens is 360 g/mol. The topological polar surface area (TPSA) is 58.6 Å². The lowest BCUT2D eigenvalue weighted by Gasteiger charge is -2.31. The predicted octanol–water partition coefficient (Wildman–Crippen LogP) is 4.04. The molecule has 0 atom stereocenters. The van der Waals surface area contributed by atoms with Crippen LogP contribution in [0.25, 0.3) is 0 Å². The van der Waals surface area contributed by atoms with Gasteiger partial charge < -0.3 is 15.0 Å². The number of hydrogen-bond donors (Lipinski definition) is 1. The van der Waals surface area contributed by atoms with E-state index in [1.165, 1.54) is 11.3 Å². The Labute approximate surface area is 155 Å². The maximum Gasteiger partial charge on any atom is 0.415 e. The molecule has 1 aliphatic heterocycles. The van der Waals surface area contributed by atoms with Crippen molar-refractivity contribution < 1.29 is 14.3 Å². The Balaban J connectivity index is 1.41. The van der Waals surface area contributed by atoms with Crippen LogP contribution < -0.4 is 10.1 Å². The number of likely N-dealkylation sites (tertiary alicyclic amines) is 1. The summed E-state index contributed by atoms with van der Waals surface area (Å²) < 4.78 is 5.96. The summed E-state index contributed by atoms with van der Waals surface area (Å²) in [5.41, 5.74) is 0. The van der Waals surface area contributed by atoms with E-state index < -0.39 is 0 Å². The third kappa shape index (κ3) is 4.96. The Morgan fingerprint density at radius 3 is 2.52 bits per heavy atom. The lowest BCUT2D eigenvalue weighted by Crippen LogP contribution is -2.42. The first-order chi connectivity index (χ1) is 12.1. The molecule has 2 heterocycles. The highest BCUT2D eigenvalue weighted by atomic mass is 35.5. The van der Waals surface area contributed by atoms with Crippen molar-refractivity contribution in [3.8, 4) is 5.75 Å². The molecule has 1 saturated heterocycles. The average molecular weight is 379 g/mol. The van der Waals surface area contributed by atoms with Crippen LogP contribution in [-0.4, -0.2) is 36.5 Å². The number of thiophene rings is 1. The number of amides is 2. The van der Waals surface area contributed by atoms with E-state index in [0.29, 0.717) is 40.5 Å². The summed E-state index contributed by atoms with van der Waals surface area (Å²) in [7, 11) is 0. The van der Waals surface area contributed by atoms with Crippen molar-refractivity contribution in [2.75, 3.05) is 19.6 Å². The lowest BCUT2D eigenvalue weighted by molar-refractivity contribution is 0.0935. The number of benzene rings is 1. The van der Waals surface area contributed by atoms with E-state index in [1.54, 1.807) is 29.2 Å². The fourth-order valence-electron chi connectivity index (χ4n) is 2.73. The first kappa shape index (κ1) is 17.8. The number of carbonyl (C=O) groups excluding carboxylic acids is 2. The van der Waals surface area contributed by atoms with Gasteiger partial charge in [-0.2, -0.15) is 0 Å². The van der Waals surface area contributed by atoms with E-state index in [-0.39, 0.29) is 12.0 Å². The normalized spacial score (nSPS) is 15.0. The standard InChI is InChI=1S/C18H19ClN2O3S/c19-16-7-6-15(25-16)17(22)20-12-13-8-10-21(11-9-13)18(23)24-14-4-2-1-3-5-14/h1-7,13H,8-12H2,(H,20,22). The Hall–Kier alpha value is -2.05. The minimum atomic E-state index is -0.318. The molecule has 0 bridgehead atoms. The van der Waals surface area contributed by atoms with E-state index >= 15 is 0 Å². The van der Waals surface area contributed by atoms with E-state index in [0.717, 1.165) is 12.8 Å². The number of para-hydroxylation sites is 1. The lowest BCUT2D eigenvalue weighted by atomic mass is 9.97. The SMILES string of the molecule is O=C(NCC1CCN(C(=O)Oc2ccccc2)CC1)c1ccc(Cl)s1. The molecule has 3 rings (SSSR count). The molecule has 2 amide bonds. The molecule has 0 spiro atoms. The van der Waals surface area contributed by atoms with Gasteiger partial charge in [-0.05, 0) is 43.0 Å². The smallest absolute Gasteiger partial charge is 0.410 e. The molecule has 1 N–H and O–H groups in total. The quantitative estimate of drug-likeness (QED) is 0.873. The van der Waals surface area contributed by atoms with Gasteiger partial charge in [0.05, 0.1) is 9.21 Å². The molecule has 0 radical (unpaired) electrons. The number of carbonyl (C=O) groups is 2. The number of ether oxygens (including phenoxy) is 1. The molecule has 1 aromatic heterocycles. The van der Waals surface area contributed by atoms with E-state index in [4.69, 9.17) is 16.3 Å². The first-order valence-corrected chi connectivity index (χ1v) is 9.36. The second-order valence-electron chi connectivity index (χ2n) is 5.93. The molecule has 1 aliphatic rings. The number of piperidine rings is 1. The third-order valence-electron chi connectivity index (χ3n) is 4.17. The molecule has 132 valence electrons. The van der Waals surface area contributed by atoms with Gasteiger partial charge in [-0.3, -0.25) is 4.79 Å². The average Bonchev–Trinajstić information content (AvgIpc) is 3.07. The van der Waals surface area contributed by atoms with Gasteiger partial charge in [-0.1, -0.05) is 29.8 Å². The first-order valence-electron chi connectivity index (χ1n) is 8.17. The minimum Gasteiger partial charge on any atom is -0.410 e. The summed E-state index contributed by atoms with van der Waals surface area (Å²) in [5, 5.41) is 2.94. The molecule has 2 aromatic rings. The van der Waals surface area contributed by atoms with Gasteiger partial charge in [0.25, 0.3) is 5.91 Å². The summed E-state index contributed by atoms with van der Waals surface area (Å²) in [4.78, 5) is 26.5. The van der Waals surface area contributed by atoms with Crippen LogP contribution in [0.4, 0.5) is 4.79 Å². The zero-order chi connectivity index (χ0) is 17.6. The number of nitrogens with zero attached hydrogens (tertiary/aromatic N) is 1. The summed E-state index contributed by atoms with van der Waals surface area (Å²) in [6.45, 7) is 1.88. The van der Waals surface area contributed by atoms with E-state index in [9.17, 15) is 9.59 Å². The van der Waals surface area contributed by atoms with Crippen LogP contribution in [0, 0.1) is 5.92 Å². The third-order valence-corrected chi connectivity index (χ3v) is 5.40. The fourth-order valence-corrected chi connectivity index (χ4v) is 3.69. The van der Waals surface area contributed by atoms with Crippen molar-refractivity contribution >= 4 is 34.9 Å². The van der Waals surface area contributed by atoms with Gasteiger partial charge in [0.2, 0.25) is 0 Å². The van der Waals surface area contributed by atoms with Crippen molar-refractivity contribution in [3.63, 3.8) is 0 Å². The Morgan fingerprint density at radius 2 is 1.88 bits per heavy atom. The summed E-state index contributed by atoms with van der Waals surface area (Å²) in [5.74, 6) is 0.819. The zero-order valence-electron chi connectivity index (χ0n) is 13.6. The molecular formula is C18H19ClN2O3S. The van der Waals surface area contributed by atoms with Crippen LogP contribution in [-0.2, 0) is 0 Å². The van der Waals surface area contributed by atoms with Crippen LogP contribution in [0.5, 0.6) is 5.75 Å². The molecule has 0 unspecified atom stereocenters. The maximum atomic E-state index is 12.2. The molecule has 7 heteroatoms.